The highest BCUT2D eigenvalue weighted by Crippen LogP contribution is 2.21. The number of carbonyl (C=O) groups excluding carboxylic acids is 1. The summed E-state index contributed by atoms with van der Waals surface area (Å²) in [7, 11) is 0. The molecule has 1 unspecified atom stereocenters. The lowest BCUT2D eigenvalue weighted by atomic mass is 10.1. The van der Waals surface area contributed by atoms with Crippen molar-refractivity contribution in [3.63, 3.8) is 0 Å². The van der Waals surface area contributed by atoms with Crippen LogP contribution in [0.2, 0.25) is 0 Å². The molecule has 1 aromatic heterocycles. The lowest BCUT2D eigenvalue weighted by molar-refractivity contribution is -0.124. The van der Waals surface area contributed by atoms with Crippen LogP contribution >= 0.6 is 0 Å². The van der Waals surface area contributed by atoms with Gasteiger partial charge in [0.05, 0.1) is 5.69 Å². The number of aromatic nitrogens is 3. The van der Waals surface area contributed by atoms with Crippen molar-refractivity contribution in [2.75, 3.05) is 6.54 Å². The first-order valence-corrected chi connectivity index (χ1v) is 6.71. The first kappa shape index (κ1) is 16.1. The number of carboxylic acid groups (broad SMARTS) is 1. The van der Waals surface area contributed by atoms with Gasteiger partial charge < -0.3 is 10.4 Å². The van der Waals surface area contributed by atoms with E-state index in [-0.39, 0.29) is 17.5 Å². The number of hydrogen-bond donors (Lipinski definition) is 2. The molecule has 0 saturated carbocycles. The van der Waals surface area contributed by atoms with E-state index in [1.54, 1.807) is 6.92 Å². The van der Waals surface area contributed by atoms with Crippen molar-refractivity contribution in [1.82, 2.24) is 20.3 Å². The van der Waals surface area contributed by atoms with E-state index in [1.165, 1.54) is 4.68 Å². The number of hydrogen-bond acceptors (Lipinski definition) is 4. The molecule has 0 aliphatic heterocycles. The Balaban J connectivity index is 3.01. The molecule has 0 aromatic carbocycles. The molecular formula is C13H22N4O3. The first-order valence-electron chi connectivity index (χ1n) is 6.71. The van der Waals surface area contributed by atoms with Crippen LogP contribution in [-0.4, -0.2) is 38.5 Å². The Morgan fingerprint density at radius 1 is 1.25 bits per heavy atom. The first-order chi connectivity index (χ1) is 9.25. The van der Waals surface area contributed by atoms with Crippen LogP contribution < -0.4 is 5.32 Å². The topological polar surface area (TPSA) is 97.1 Å². The Hall–Kier alpha value is -1.92. The average molecular weight is 282 g/mol. The van der Waals surface area contributed by atoms with Gasteiger partial charge in [-0.05, 0) is 18.8 Å². The van der Waals surface area contributed by atoms with Crippen LogP contribution in [0.4, 0.5) is 0 Å². The molecule has 1 atom stereocenters. The molecule has 0 spiro atoms. The average Bonchev–Trinajstić information content (AvgIpc) is 2.79. The van der Waals surface area contributed by atoms with Gasteiger partial charge in [-0.1, -0.05) is 32.9 Å². The summed E-state index contributed by atoms with van der Waals surface area (Å²) in [6.07, 6.45) is 0. The maximum Gasteiger partial charge on any atom is 0.358 e. The lowest BCUT2D eigenvalue weighted by Gasteiger charge is -2.17. The number of carboxylic acids is 1. The van der Waals surface area contributed by atoms with E-state index in [1.807, 2.05) is 27.7 Å². The molecule has 0 radical (unpaired) electrons. The highest BCUT2D eigenvalue weighted by Gasteiger charge is 2.26. The molecule has 0 aliphatic carbocycles. The second-order valence-corrected chi connectivity index (χ2v) is 5.54. The summed E-state index contributed by atoms with van der Waals surface area (Å²) in [5.74, 6) is -1.06. The number of rotatable bonds is 6. The number of nitrogens with one attached hydrogen (secondary N) is 1. The lowest BCUT2D eigenvalue weighted by Crippen LogP contribution is -2.34. The number of aromatic carboxylic acids is 1. The van der Waals surface area contributed by atoms with Crippen LogP contribution in [0.25, 0.3) is 0 Å². The zero-order valence-corrected chi connectivity index (χ0v) is 12.5. The molecule has 112 valence electrons. The van der Waals surface area contributed by atoms with Gasteiger partial charge >= 0.3 is 5.97 Å². The molecule has 20 heavy (non-hydrogen) atoms. The molecule has 0 bridgehead atoms. The van der Waals surface area contributed by atoms with Crippen LogP contribution in [0, 0.1) is 5.92 Å². The fraction of sp³-hybridized carbons (Fsp3) is 0.692. The maximum absolute atomic E-state index is 12.1. The zero-order chi connectivity index (χ0) is 15.4. The smallest absolute Gasteiger partial charge is 0.358 e. The SMILES string of the molecule is CC(C)CNC(=O)C(C)n1nnc(C(=O)O)c1C(C)C. The van der Waals surface area contributed by atoms with E-state index < -0.39 is 12.0 Å². The Labute approximate surface area is 118 Å². The molecule has 2 N–H and O–H groups in total. The van der Waals surface area contributed by atoms with Gasteiger partial charge in [0.1, 0.15) is 6.04 Å². The van der Waals surface area contributed by atoms with E-state index in [2.05, 4.69) is 15.6 Å². The van der Waals surface area contributed by atoms with Gasteiger partial charge in [-0.25, -0.2) is 9.48 Å². The highest BCUT2D eigenvalue weighted by atomic mass is 16.4. The molecule has 1 amide bonds. The molecule has 1 heterocycles. The Kier molecular flexibility index (Phi) is 5.24. The van der Waals surface area contributed by atoms with Crippen molar-refractivity contribution < 1.29 is 14.7 Å². The van der Waals surface area contributed by atoms with Gasteiger partial charge in [-0.3, -0.25) is 4.79 Å². The van der Waals surface area contributed by atoms with Gasteiger partial charge in [0.25, 0.3) is 0 Å². The van der Waals surface area contributed by atoms with Gasteiger partial charge in [0, 0.05) is 6.54 Å². The normalized spacial score (nSPS) is 12.8. The third-order valence-electron chi connectivity index (χ3n) is 2.91. The molecule has 0 aliphatic rings. The summed E-state index contributed by atoms with van der Waals surface area (Å²) in [4.78, 5) is 23.2. The second kappa shape index (κ2) is 6.49. The van der Waals surface area contributed by atoms with Gasteiger partial charge in [0.15, 0.2) is 5.69 Å². The molecule has 7 heteroatoms. The Morgan fingerprint density at radius 3 is 2.30 bits per heavy atom. The van der Waals surface area contributed by atoms with Crippen LogP contribution in [-0.2, 0) is 4.79 Å². The monoisotopic (exact) mass is 282 g/mol. The van der Waals surface area contributed by atoms with Crippen LogP contribution in [0.1, 0.15) is 62.8 Å². The van der Waals surface area contributed by atoms with Crippen molar-refractivity contribution >= 4 is 11.9 Å². The maximum atomic E-state index is 12.1. The molecule has 1 rings (SSSR count). The van der Waals surface area contributed by atoms with E-state index in [9.17, 15) is 9.59 Å². The molecular weight excluding hydrogens is 260 g/mol. The predicted molar refractivity (Wildman–Crippen MR) is 73.6 cm³/mol. The minimum atomic E-state index is -1.13. The summed E-state index contributed by atoms with van der Waals surface area (Å²) in [5, 5.41) is 19.4. The molecule has 0 saturated heterocycles. The summed E-state index contributed by atoms with van der Waals surface area (Å²) in [6.45, 7) is 9.95. The number of amides is 1. The van der Waals surface area contributed by atoms with E-state index in [4.69, 9.17) is 5.11 Å². The van der Waals surface area contributed by atoms with Gasteiger partial charge in [-0.15, -0.1) is 5.10 Å². The predicted octanol–water partition coefficient (Wildman–Crippen LogP) is 1.43. The van der Waals surface area contributed by atoms with E-state index >= 15 is 0 Å². The van der Waals surface area contributed by atoms with Crippen molar-refractivity contribution in [1.29, 1.82) is 0 Å². The van der Waals surface area contributed by atoms with Crippen LogP contribution in [0.5, 0.6) is 0 Å². The third kappa shape index (κ3) is 3.55. The number of carbonyl (C=O) groups is 2. The minimum absolute atomic E-state index is 0.0866. The quantitative estimate of drug-likeness (QED) is 0.822. The van der Waals surface area contributed by atoms with Gasteiger partial charge in [-0.2, -0.15) is 0 Å². The fourth-order valence-corrected chi connectivity index (χ4v) is 1.84. The third-order valence-corrected chi connectivity index (χ3v) is 2.91. The minimum Gasteiger partial charge on any atom is -0.476 e. The molecule has 0 fully saturated rings. The van der Waals surface area contributed by atoms with Crippen molar-refractivity contribution in [2.24, 2.45) is 5.92 Å². The van der Waals surface area contributed by atoms with Gasteiger partial charge in [0.2, 0.25) is 5.91 Å². The largest absolute Gasteiger partial charge is 0.476 e. The Bertz CT molecular complexity index is 494. The van der Waals surface area contributed by atoms with E-state index in [0.29, 0.717) is 18.2 Å². The summed E-state index contributed by atoms with van der Waals surface area (Å²) < 4.78 is 1.39. The van der Waals surface area contributed by atoms with Crippen LogP contribution in [0.15, 0.2) is 0 Å². The summed E-state index contributed by atoms with van der Waals surface area (Å²) >= 11 is 0. The zero-order valence-electron chi connectivity index (χ0n) is 12.5. The summed E-state index contributed by atoms with van der Waals surface area (Å²) in [6, 6.07) is -0.591. The second-order valence-electron chi connectivity index (χ2n) is 5.54. The van der Waals surface area contributed by atoms with Crippen molar-refractivity contribution in [2.45, 2.75) is 46.6 Å². The highest BCUT2D eigenvalue weighted by molar-refractivity contribution is 5.87. The van der Waals surface area contributed by atoms with Crippen molar-refractivity contribution in [3.8, 4) is 0 Å². The Morgan fingerprint density at radius 2 is 1.85 bits per heavy atom. The molecule has 1 aromatic rings. The van der Waals surface area contributed by atoms with Crippen LogP contribution in [0.3, 0.4) is 0 Å². The van der Waals surface area contributed by atoms with Crippen molar-refractivity contribution in [3.05, 3.63) is 11.4 Å². The fourth-order valence-electron chi connectivity index (χ4n) is 1.84. The number of nitrogens with zero attached hydrogens (tertiary/aromatic N) is 3. The molecule has 7 nitrogen and oxygen atoms in total. The summed E-state index contributed by atoms with van der Waals surface area (Å²) in [5.41, 5.74) is 0.369. The standard InChI is InChI=1S/C13H22N4O3/c1-7(2)6-14-12(18)9(5)17-11(8(3)4)10(13(19)20)15-16-17/h7-9H,6H2,1-5H3,(H,14,18)(H,19,20). The van der Waals surface area contributed by atoms with E-state index in [0.717, 1.165) is 0 Å².